The Labute approximate surface area is 148 Å². The van der Waals surface area contributed by atoms with E-state index in [4.69, 9.17) is 9.26 Å². The van der Waals surface area contributed by atoms with Gasteiger partial charge in [-0.25, -0.2) is 0 Å². The van der Waals surface area contributed by atoms with Crippen molar-refractivity contribution in [2.75, 3.05) is 19.8 Å². The first kappa shape index (κ1) is 19.9. The van der Waals surface area contributed by atoms with E-state index in [2.05, 4.69) is 15.5 Å². The highest BCUT2D eigenvalue weighted by molar-refractivity contribution is 5.75. The van der Waals surface area contributed by atoms with Crippen LogP contribution >= 0.6 is 0 Å². The number of rotatable bonds is 9. The van der Waals surface area contributed by atoms with Gasteiger partial charge in [0.05, 0.1) is 5.56 Å². The van der Waals surface area contributed by atoms with Gasteiger partial charge < -0.3 is 14.6 Å². The highest BCUT2D eigenvalue weighted by Gasteiger charge is 2.30. The molecule has 0 bridgehead atoms. The molecule has 0 radical (unpaired) electrons. The smallest absolute Gasteiger partial charge is 0.382 e. The maximum atomic E-state index is 12.8. The molecule has 1 heterocycles. The zero-order chi connectivity index (χ0) is 19.0. The van der Waals surface area contributed by atoms with Gasteiger partial charge in [-0.1, -0.05) is 17.3 Å². The monoisotopic (exact) mass is 371 g/mol. The summed E-state index contributed by atoms with van der Waals surface area (Å²) in [5.41, 5.74) is -0.581. The van der Waals surface area contributed by atoms with Crippen LogP contribution in [0.2, 0.25) is 0 Å². The van der Waals surface area contributed by atoms with Crippen LogP contribution in [0.4, 0.5) is 13.2 Å². The maximum absolute atomic E-state index is 12.8. The molecule has 0 fully saturated rings. The summed E-state index contributed by atoms with van der Waals surface area (Å²) in [4.78, 5) is 15.8. The summed E-state index contributed by atoms with van der Waals surface area (Å²) in [5.74, 6) is 0.0883. The summed E-state index contributed by atoms with van der Waals surface area (Å²) in [6, 6.07) is 4.68. The lowest BCUT2D eigenvalue weighted by Crippen LogP contribution is -2.25. The average molecular weight is 371 g/mol. The van der Waals surface area contributed by atoms with Crippen LogP contribution in [0.15, 0.2) is 28.8 Å². The summed E-state index contributed by atoms with van der Waals surface area (Å²) in [7, 11) is 0. The molecule has 2 rings (SSSR count). The highest BCUT2D eigenvalue weighted by atomic mass is 19.4. The fourth-order valence-corrected chi connectivity index (χ4v) is 2.16. The molecule has 0 unspecified atom stereocenters. The van der Waals surface area contributed by atoms with E-state index in [9.17, 15) is 18.0 Å². The minimum absolute atomic E-state index is 0.0585. The Morgan fingerprint density at radius 3 is 2.88 bits per heavy atom. The molecule has 1 N–H and O–H groups in total. The van der Waals surface area contributed by atoms with Gasteiger partial charge in [-0.05, 0) is 25.5 Å². The summed E-state index contributed by atoms with van der Waals surface area (Å²) in [6.07, 6.45) is -3.36. The van der Waals surface area contributed by atoms with Crippen molar-refractivity contribution in [3.8, 4) is 11.4 Å². The van der Waals surface area contributed by atoms with Crippen LogP contribution in [0.3, 0.4) is 0 Å². The molecular formula is C17H20F3N3O3. The zero-order valence-electron chi connectivity index (χ0n) is 14.3. The van der Waals surface area contributed by atoms with E-state index < -0.39 is 11.7 Å². The van der Waals surface area contributed by atoms with Gasteiger partial charge in [-0.2, -0.15) is 18.2 Å². The molecule has 0 aliphatic carbocycles. The first-order valence-electron chi connectivity index (χ1n) is 8.25. The van der Waals surface area contributed by atoms with E-state index in [0.29, 0.717) is 19.8 Å². The van der Waals surface area contributed by atoms with E-state index in [-0.39, 0.29) is 36.0 Å². The van der Waals surface area contributed by atoms with Gasteiger partial charge in [0.25, 0.3) is 0 Å². The van der Waals surface area contributed by atoms with Crippen molar-refractivity contribution in [1.82, 2.24) is 15.5 Å². The van der Waals surface area contributed by atoms with Crippen LogP contribution in [0, 0.1) is 0 Å². The van der Waals surface area contributed by atoms with E-state index in [1.807, 2.05) is 6.92 Å². The lowest BCUT2D eigenvalue weighted by Gasteiger charge is -2.06. The summed E-state index contributed by atoms with van der Waals surface area (Å²) < 4.78 is 48.4. The number of halogens is 3. The minimum Gasteiger partial charge on any atom is -0.382 e. The number of alkyl halides is 3. The van der Waals surface area contributed by atoms with E-state index in [1.54, 1.807) is 0 Å². The summed E-state index contributed by atoms with van der Waals surface area (Å²) in [5, 5.41) is 6.42. The Morgan fingerprint density at radius 1 is 1.35 bits per heavy atom. The molecule has 26 heavy (non-hydrogen) atoms. The molecule has 0 saturated heterocycles. The van der Waals surface area contributed by atoms with Crippen molar-refractivity contribution in [3.05, 3.63) is 35.7 Å². The Bertz CT molecular complexity index is 717. The standard InChI is InChI=1S/C17H20F3N3O3/c1-2-25-10-4-9-21-14(24)7-8-15-22-16(23-26-15)12-5-3-6-13(11-12)17(18,19)20/h3,5-6,11H,2,4,7-10H2,1H3,(H,21,24). The lowest BCUT2D eigenvalue weighted by molar-refractivity contribution is -0.137. The van der Waals surface area contributed by atoms with Gasteiger partial charge in [-0.3, -0.25) is 4.79 Å². The first-order chi connectivity index (χ1) is 12.4. The van der Waals surface area contributed by atoms with Crippen molar-refractivity contribution in [2.24, 2.45) is 0 Å². The fourth-order valence-electron chi connectivity index (χ4n) is 2.16. The first-order valence-corrected chi connectivity index (χ1v) is 8.25. The van der Waals surface area contributed by atoms with Crippen molar-refractivity contribution in [3.63, 3.8) is 0 Å². The predicted octanol–water partition coefficient (Wildman–Crippen LogP) is 3.23. The van der Waals surface area contributed by atoms with Crippen LogP contribution in [-0.4, -0.2) is 35.8 Å². The third-order valence-corrected chi connectivity index (χ3v) is 3.47. The molecule has 2 aromatic rings. The van der Waals surface area contributed by atoms with E-state index in [1.165, 1.54) is 12.1 Å². The van der Waals surface area contributed by atoms with Crippen LogP contribution in [0.25, 0.3) is 11.4 Å². The lowest BCUT2D eigenvalue weighted by atomic mass is 10.1. The van der Waals surface area contributed by atoms with Crippen molar-refractivity contribution < 1.29 is 27.2 Å². The number of amides is 1. The van der Waals surface area contributed by atoms with Gasteiger partial charge >= 0.3 is 6.18 Å². The average Bonchev–Trinajstić information content (AvgIpc) is 3.08. The molecule has 9 heteroatoms. The molecule has 0 aliphatic heterocycles. The third kappa shape index (κ3) is 6.14. The highest BCUT2D eigenvalue weighted by Crippen LogP contribution is 2.31. The molecular weight excluding hydrogens is 351 g/mol. The maximum Gasteiger partial charge on any atom is 0.416 e. The predicted molar refractivity (Wildman–Crippen MR) is 87.2 cm³/mol. The third-order valence-electron chi connectivity index (χ3n) is 3.47. The number of aromatic nitrogens is 2. The second kappa shape index (κ2) is 9.33. The number of carbonyl (C=O) groups is 1. The largest absolute Gasteiger partial charge is 0.416 e. The van der Waals surface area contributed by atoms with Gasteiger partial charge in [0, 0.05) is 38.2 Å². The molecule has 0 atom stereocenters. The molecule has 0 spiro atoms. The number of nitrogens with zero attached hydrogens (tertiary/aromatic N) is 2. The normalized spacial score (nSPS) is 11.5. The van der Waals surface area contributed by atoms with Gasteiger partial charge in [-0.15, -0.1) is 0 Å². The van der Waals surface area contributed by atoms with Crippen LogP contribution < -0.4 is 5.32 Å². The quantitative estimate of drug-likeness (QED) is 0.685. The second-order valence-corrected chi connectivity index (χ2v) is 5.49. The minimum atomic E-state index is -4.44. The Hall–Kier alpha value is -2.42. The topological polar surface area (TPSA) is 77.2 Å². The number of hydrogen-bond donors (Lipinski definition) is 1. The number of nitrogens with one attached hydrogen (secondary N) is 1. The Balaban J connectivity index is 1.85. The fraction of sp³-hybridized carbons (Fsp3) is 0.471. The second-order valence-electron chi connectivity index (χ2n) is 5.49. The summed E-state index contributed by atoms with van der Waals surface area (Å²) in [6.45, 7) is 3.63. The van der Waals surface area contributed by atoms with Crippen LogP contribution in [0.5, 0.6) is 0 Å². The molecule has 1 aromatic heterocycles. The van der Waals surface area contributed by atoms with Gasteiger partial charge in [0.2, 0.25) is 17.6 Å². The van der Waals surface area contributed by atoms with Gasteiger partial charge in [0.1, 0.15) is 0 Å². The number of hydrogen-bond acceptors (Lipinski definition) is 5. The van der Waals surface area contributed by atoms with Gasteiger partial charge in [0.15, 0.2) is 0 Å². The van der Waals surface area contributed by atoms with Crippen molar-refractivity contribution in [2.45, 2.75) is 32.4 Å². The number of ether oxygens (including phenoxy) is 1. The van der Waals surface area contributed by atoms with Crippen LogP contribution in [0.1, 0.15) is 31.2 Å². The number of carbonyl (C=O) groups excluding carboxylic acids is 1. The SMILES string of the molecule is CCOCCCNC(=O)CCc1nc(-c2cccc(C(F)(F)F)c2)no1. The van der Waals surface area contributed by atoms with Crippen molar-refractivity contribution in [1.29, 1.82) is 0 Å². The number of benzene rings is 1. The molecule has 142 valence electrons. The van der Waals surface area contributed by atoms with Crippen molar-refractivity contribution >= 4 is 5.91 Å². The molecule has 0 aliphatic rings. The van der Waals surface area contributed by atoms with E-state index >= 15 is 0 Å². The van der Waals surface area contributed by atoms with Crippen LogP contribution in [-0.2, 0) is 22.1 Å². The molecule has 1 aromatic carbocycles. The zero-order valence-corrected chi connectivity index (χ0v) is 14.3. The van der Waals surface area contributed by atoms with E-state index in [0.717, 1.165) is 18.6 Å². The molecule has 1 amide bonds. The Morgan fingerprint density at radius 2 is 2.15 bits per heavy atom. The summed E-state index contributed by atoms with van der Waals surface area (Å²) >= 11 is 0. The molecule has 6 nitrogen and oxygen atoms in total. The molecule has 0 saturated carbocycles. The number of aryl methyl sites for hydroxylation is 1. The Kier molecular flexibility index (Phi) is 7.14.